The van der Waals surface area contributed by atoms with Crippen molar-refractivity contribution < 1.29 is 29.0 Å². The molecule has 1 aromatic carbocycles. The van der Waals surface area contributed by atoms with Crippen LogP contribution in [0, 0.1) is 12.3 Å². The Hall–Kier alpha value is -1.49. The van der Waals surface area contributed by atoms with E-state index in [0.717, 1.165) is 41.8 Å². The molecule has 38 heavy (non-hydrogen) atoms. The molecular formula is C28H42F5NO2SSi. The second kappa shape index (κ2) is 8.75. The summed E-state index contributed by atoms with van der Waals surface area (Å²) in [7, 11) is -12.0. The molecule has 0 unspecified atom stereocenters. The van der Waals surface area contributed by atoms with Crippen LogP contribution < -0.4 is 0 Å². The third-order valence-electron chi connectivity index (χ3n) is 8.06. The Bertz CT molecular complexity index is 1220. The van der Waals surface area contributed by atoms with Crippen molar-refractivity contribution in [2.45, 2.75) is 109 Å². The minimum Gasteiger partial charge on any atom is -0.410 e. The maximum absolute atomic E-state index is 13.3. The zero-order chi connectivity index (χ0) is 29.3. The highest BCUT2D eigenvalue weighted by molar-refractivity contribution is 8.45. The summed E-state index contributed by atoms with van der Waals surface area (Å²) >= 11 is 0. The molecule has 0 amide bonds. The van der Waals surface area contributed by atoms with Gasteiger partial charge in [-0.3, -0.25) is 4.98 Å². The predicted molar refractivity (Wildman–Crippen MR) is 148 cm³/mol. The van der Waals surface area contributed by atoms with Crippen LogP contribution in [0.1, 0.15) is 107 Å². The molecule has 1 aliphatic rings. The number of rotatable bonds is 6. The Morgan fingerprint density at radius 3 is 2.03 bits per heavy atom. The van der Waals surface area contributed by atoms with Crippen molar-refractivity contribution in [3.05, 3.63) is 57.9 Å². The summed E-state index contributed by atoms with van der Waals surface area (Å²) in [6.45, 7) is 21.1. The maximum atomic E-state index is 13.3. The number of pyridine rings is 1. The van der Waals surface area contributed by atoms with E-state index in [-0.39, 0.29) is 28.0 Å². The molecule has 3 nitrogen and oxygen atoms in total. The standard InChI is InChI=1S/C28H42F5NO2SSi/c1-17(2)25-24(26(35)19-11-13-20(14-12-19)37(29,30,31,32)33)18(3)23-21(34-25)15-28(7,8)16-22(23)36-38(9,10)27(4,5)6/h11-14,17,22,26,35H,15-16H2,1-10H3/t22-,26+/m0/s1. The molecule has 0 spiro atoms. The van der Waals surface area contributed by atoms with E-state index in [1.165, 1.54) is 0 Å². The third-order valence-corrected chi connectivity index (χ3v) is 13.7. The van der Waals surface area contributed by atoms with E-state index in [1.54, 1.807) is 0 Å². The van der Waals surface area contributed by atoms with Gasteiger partial charge in [0.2, 0.25) is 0 Å². The van der Waals surface area contributed by atoms with Crippen LogP contribution in [-0.2, 0) is 10.8 Å². The lowest BCUT2D eigenvalue weighted by molar-refractivity contribution is 0.105. The van der Waals surface area contributed by atoms with Crippen LogP contribution in [0.3, 0.4) is 0 Å². The van der Waals surface area contributed by atoms with Crippen LogP contribution in [0.4, 0.5) is 19.4 Å². The van der Waals surface area contributed by atoms with Crippen LogP contribution in [0.5, 0.6) is 0 Å². The summed E-state index contributed by atoms with van der Waals surface area (Å²) < 4.78 is 73.3. The molecule has 0 radical (unpaired) electrons. The van der Waals surface area contributed by atoms with Crippen molar-refractivity contribution in [2.24, 2.45) is 5.41 Å². The van der Waals surface area contributed by atoms with Crippen molar-refractivity contribution in [2.75, 3.05) is 0 Å². The number of benzene rings is 1. The molecule has 0 bridgehead atoms. The SMILES string of the molecule is Cc1c([C@H](O)c2ccc(S(F)(F)(F)(F)F)cc2)c(C(C)C)nc2c1[C@@H](O[Si](C)(C)C(C)(C)C)CC(C)(C)C2. The summed E-state index contributed by atoms with van der Waals surface area (Å²) in [6.07, 6.45) is -0.0783. The molecule has 1 N–H and O–H groups in total. The lowest BCUT2D eigenvalue weighted by Gasteiger charge is -2.45. The molecule has 216 valence electrons. The van der Waals surface area contributed by atoms with Crippen molar-refractivity contribution in [1.82, 2.24) is 4.98 Å². The molecule has 1 heterocycles. The van der Waals surface area contributed by atoms with E-state index >= 15 is 0 Å². The van der Waals surface area contributed by atoms with Gasteiger partial charge in [0.15, 0.2) is 8.32 Å². The summed E-state index contributed by atoms with van der Waals surface area (Å²) in [5, 5.41) is 11.4. The van der Waals surface area contributed by atoms with E-state index in [4.69, 9.17) is 9.41 Å². The number of aliphatic hydroxyl groups excluding tert-OH is 1. The fraction of sp³-hybridized carbons (Fsp3) is 0.607. The highest BCUT2D eigenvalue weighted by Crippen LogP contribution is 3.02. The number of aliphatic hydroxyl groups is 1. The lowest BCUT2D eigenvalue weighted by atomic mass is 9.72. The zero-order valence-corrected chi connectivity index (χ0v) is 25.9. The number of nitrogens with zero attached hydrogens (tertiary/aromatic N) is 1. The van der Waals surface area contributed by atoms with Crippen LogP contribution in [0.2, 0.25) is 18.1 Å². The lowest BCUT2D eigenvalue weighted by Crippen LogP contribution is -2.44. The highest BCUT2D eigenvalue weighted by Gasteiger charge is 2.65. The van der Waals surface area contributed by atoms with Crippen molar-refractivity contribution in [1.29, 1.82) is 0 Å². The Kier molecular flexibility index (Phi) is 7.15. The van der Waals surface area contributed by atoms with Crippen molar-refractivity contribution in [3.8, 4) is 0 Å². The maximum Gasteiger partial charge on any atom is 0.310 e. The van der Waals surface area contributed by atoms with Gasteiger partial charge in [0, 0.05) is 22.5 Å². The Morgan fingerprint density at radius 1 is 1.05 bits per heavy atom. The number of halogens is 5. The van der Waals surface area contributed by atoms with Gasteiger partial charge in [-0.2, -0.15) is 0 Å². The van der Waals surface area contributed by atoms with E-state index in [2.05, 4.69) is 47.7 Å². The van der Waals surface area contributed by atoms with Crippen molar-refractivity contribution >= 4 is 18.5 Å². The van der Waals surface area contributed by atoms with Gasteiger partial charge in [-0.25, -0.2) is 0 Å². The fourth-order valence-electron chi connectivity index (χ4n) is 5.00. The van der Waals surface area contributed by atoms with Gasteiger partial charge in [-0.1, -0.05) is 80.0 Å². The monoisotopic (exact) mass is 579 g/mol. The fourth-order valence-corrected chi connectivity index (χ4v) is 6.92. The van der Waals surface area contributed by atoms with Gasteiger partial charge < -0.3 is 9.53 Å². The van der Waals surface area contributed by atoms with Gasteiger partial charge in [-0.05, 0) is 72.5 Å². The molecule has 0 saturated heterocycles. The summed E-state index contributed by atoms with van der Waals surface area (Å²) in [6, 6.07) is 2.55. The second-order valence-electron chi connectivity index (χ2n) is 13.4. The van der Waals surface area contributed by atoms with Crippen LogP contribution >= 0.6 is 10.2 Å². The molecule has 1 aromatic heterocycles. The molecule has 2 atom stereocenters. The average Bonchev–Trinajstić information content (AvgIpc) is 2.69. The highest BCUT2D eigenvalue weighted by atomic mass is 32.5. The van der Waals surface area contributed by atoms with Crippen LogP contribution in [0.25, 0.3) is 0 Å². The number of aromatic nitrogens is 1. The third kappa shape index (κ3) is 6.29. The van der Waals surface area contributed by atoms with E-state index in [9.17, 15) is 24.5 Å². The van der Waals surface area contributed by atoms with E-state index < -0.39 is 29.5 Å². The van der Waals surface area contributed by atoms with Crippen LogP contribution in [0.15, 0.2) is 29.2 Å². The van der Waals surface area contributed by atoms with E-state index in [0.29, 0.717) is 23.4 Å². The first-order chi connectivity index (χ1) is 16.7. The molecule has 2 aromatic rings. The smallest absolute Gasteiger partial charge is 0.310 e. The Balaban J connectivity index is 2.20. The molecule has 0 aliphatic heterocycles. The molecule has 1 aliphatic carbocycles. The molecule has 3 rings (SSSR count). The van der Waals surface area contributed by atoms with E-state index in [1.807, 2.05) is 20.8 Å². The summed E-state index contributed by atoms with van der Waals surface area (Å²) in [5.74, 6) is -0.0857. The first-order valence-electron chi connectivity index (χ1n) is 13.0. The summed E-state index contributed by atoms with van der Waals surface area (Å²) in [4.78, 5) is 3.04. The van der Waals surface area contributed by atoms with Crippen LogP contribution in [-0.4, -0.2) is 18.4 Å². The first-order valence-corrected chi connectivity index (χ1v) is 17.8. The second-order valence-corrected chi connectivity index (χ2v) is 20.6. The normalized spacial score (nSPS) is 21.0. The first kappa shape index (κ1) is 31.0. The minimum atomic E-state index is -9.81. The number of fused-ring (bicyclic) bond motifs is 1. The minimum absolute atomic E-state index is 0.0269. The zero-order valence-electron chi connectivity index (χ0n) is 24.1. The van der Waals surface area contributed by atoms with Gasteiger partial charge in [0.25, 0.3) is 0 Å². The molecule has 0 saturated carbocycles. The Labute approximate surface area is 225 Å². The Morgan fingerprint density at radius 2 is 1.58 bits per heavy atom. The van der Waals surface area contributed by atoms with Gasteiger partial charge in [0.1, 0.15) is 11.0 Å². The van der Waals surface area contributed by atoms with Gasteiger partial charge >= 0.3 is 10.2 Å². The topological polar surface area (TPSA) is 42.4 Å². The quantitative estimate of drug-likeness (QED) is 0.273. The molecule has 10 heteroatoms. The number of hydrogen-bond donors (Lipinski definition) is 1. The average molecular weight is 580 g/mol. The van der Waals surface area contributed by atoms with Crippen molar-refractivity contribution in [3.63, 3.8) is 0 Å². The number of hydrogen-bond acceptors (Lipinski definition) is 3. The largest absolute Gasteiger partial charge is 0.410 e. The summed E-state index contributed by atoms with van der Waals surface area (Å²) in [5.41, 5.74) is 3.82. The predicted octanol–water partition coefficient (Wildman–Crippen LogP) is 10.3. The molecular weight excluding hydrogens is 537 g/mol. The van der Waals surface area contributed by atoms with Gasteiger partial charge in [-0.15, -0.1) is 0 Å². The molecule has 0 fully saturated rings. The van der Waals surface area contributed by atoms with Gasteiger partial charge in [0.05, 0.1) is 6.10 Å².